The molecular weight excluding hydrogens is 261 g/mol. The number of hydrogen-bond donors (Lipinski definition) is 2. The van der Waals surface area contributed by atoms with Crippen molar-refractivity contribution in [3.63, 3.8) is 0 Å². The van der Waals surface area contributed by atoms with Gasteiger partial charge in [0.1, 0.15) is 0 Å². The Kier molecular flexibility index (Phi) is 193. The quantitative estimate of drug-likeness (QED) is 0.514. The first-order valence-electron chi connectivity index (χ1n) is 2.40. The van der Waals surface area contributed by atoms with Crippen molar-refractivity contribution in [2.75, 3.05) is 0 Å². The van der Waals surface area contributed by atoms with E-state index in [4.69, 9.17) is 19.8 Å². The Morgan fingerprint density at radius 3 is 1.18 bits per heavy atom. The third kappa shape index (κ3) is 28300. The van der Waals surface area contributed by atoms with Gasteiger partial charge in [-0.2, -0.15) is 0 Å². The molecule has 0 aliphatic carbocycles. The molecule has 0 saturated carbocycles. The zero-order valence-corrected chi connectivity index (χ0v) is 8.64. The molecule has 0 heterocycles. The second-order valence-electron chi connectivity index (χ2n) is 0.890. The Morgan fingerprint density at radius 1 is 1.18 bits per heavy atom. The Labute approximate surface area is 80.3 Å². The molecule has 11 heavy (non-hydrogen) atoms. The van der Waals surface area contributed by atoms with Gasteiger partial charge in [-0.15, -0.1) is 0 Å². The van der Waals surface area contributed by atoms with E-state index in [1.807, 2.05) is 17.3 Å². The van der Waals surface area contributed by atoms with Gasteiger partial charge in [0.15, 0.2) is 0 Å². The van der Waals surface area contributed by atoms with E-state index in [2.05, 4.69) is 23.5 Å². The van der Waals surface area contributed by atoms with Gasteiger partial charge < -0.3 is 19.8 Å². The van der Waals surface area contributed by atoms with Crippen LogP contribution in [-0.2, 0) is 26.9 Å². The third-order valence-electron chi connectivity index (χ3n) is 0. The molecule has 0 aromatic heterocycles. The molecule has 0 radical (unpaired) electrons. The molecule has 0 fully saturated rings. The van der Waals surface area contributed by atoms with Gasteiger partial charge in [0, 0.05) is 0 Å². The van der Waals surface area contributed by atoms with E-state index in [0.717, 1.165) is 0 Å². The van der Waals surface area contributed by atoms with Crippen molar-refractivity contribution in [2.45, 2.75) is 20.3 Å². The second-order valence-corrected chi connectivity index (χ2v) is 0.890. The zero-order valence-electron chi connectivity index (χ0n) is 6.15. The third-order valence-corrected chi connectivity index (χ3v) is 0. The molecule has 0 rings (SSSR count). The first-order valence-corrected chi connectivity index (χ1v) is 4.64. The SMILES string of the molecule is CCC.O=[C-]O.O=[C-]O.[Cl][Ru+2]. The summed E-state index contributed by atoms with van der Waals surface area (Å²) in [5, 5.41) is 13.5. The zero-order chi connectivity index (χ0) is 10.1. The molecule has 4 nitrogen and oxygen atoms in total. The second kappa shape index (κ2) is 94.9. The number of hydrogen-bond acceptors (Lipinski definition) is 2. The van der Waals surface area contributed by atoms with Crippen LogP contribution >= 0.6 is 9.69 Å². The van der Waals surface area contributed by atoms with Gasteiger partial charge in [-0.05, 0) is 0 Å². The number of aliphatic hydroxyl groups excluding tert-OH is 2. The fourth-order valence-corrected chi connectivity index (χ4v) is 0. The van der Waals surface area contributed by atoms with E-state index in [1.165, 1.54) is 6.42 Å². The summed E-state index contributed by atoms with van der Waals surface area (Å²) in [4.78, 5) is 16.5. The molecule has 0 saturated heterocycles. The van der Waals surface area contributed by atoms with Gasteiger partial charge in [0.25, 0.3) is 0 Å². The van der Waals surface area contributed by atoms with Crippen molar-refractivity contribution in [3.8, 4) is 0 Å². The van der Waals surface area contributed by atoms with Crippen LogP contribution in [0.3, 0.4) is 0 Å². The van der Waals surface area contributed by atoms with Gasteiger partial charge in [-0.3, -0.25) is 0 Å². The minimum atomic E-state index is 0.500. The summed E-state index contributed by atoms with van der Waals surface area (Å²) in [6.07, 6.45) is 1.25. The predicted molar refractivity (Wildman–Crippen MR) is 38.5 cm³/mol. The monoisotopic (exact) mass is 271 g/mol. The fourth-order valence-electron chi connectivity index (χ4n) is 0. The Balaban J connectivity index is -0.0000000301. The van der Waals surface area contributed by atoms with Gasteiger partial charge >= 0.3 is 27.0 Å². The summed E-state index contributed by atoms with van der Waals surface area (Å²) in [7, 11) is 4.57. The maximum atomic E-state index is 8.24. The molecule has 69 valence electrons. The molecular formula is C5H10ClO4Ru. The summed E-state index contributed by atoms with van der Waals surface area (Å²) in [5.41, 5.74) is 0. The van der Waals surface area contributed by atoms with Crippen molar-refractivity contribution in [3.05, 3.63) is 0 Å². The maximum absolute atomic E-state index is 8.24. The molecule has 2 N–H and O–H groups in total. The van der Waals surface area contributed by atoms with E-state index in [1.54, 1.807) is 0 Å². The molecule has 0 amide bonds. The van der Waals surface area contributed by atoms with Crippen LogP contribution in [0.2, 0.25) is 0 Å². The predicted octanol–water partition coefficient (Wildman–Crippen LogP) is 1.33. The summed E-state index contributed by atoms with van der Waals surface area (Å²) in [6, 6.07) is 0. The van der Waals surface area contributed by atoms with Crippen LogP contribution in [0.15, 0.2) is 0 Å². The Hall–Kier alpha value is -0.147. The first-order chi connectivity index (χ1) is 5.24. The van der Waals surface area contributed by atoms with E-state index >= 15 is 0 Å². The fraction of sp³-hybridized carbons (Fsp3) is 0.600. The van der Waals surface area contributed by atoms with Crippen LogP contribution in [0.1, 0.15) is 20.3 Å². The van der Waals surface area contributed by atoms with Gasteiger partial charge in [0.2, 0.25) is 0 Å². The molecule has 0 bridgehead atoms. The minimum absolute atomic E-state index is 0.500. The average molecular weight is 271 g/mol. The molecule has 0 aromatic rings. The topological polar surface area (TPSA) is 74.6 Å². The van der Waals surface area contributed by atoms with E-state index in [-0.39, 0.29) is 0 Å². The van der Waals surface area contributed by atoms with E-state index in [9.17, 15) is 0 Å². The van der Waals surface area contributed by atoms with Gasteiger partial charge in [0.05, 0.1) is 0 Å². The van der Waals surface area contributed by atoms with Crippen LogP contribution in [-0.4, -0.2) is 23.2 Å². The molecule has 0 aliphatic heterocycles. The standard InChI is InChI=1S/C3H8.2CHO2.ClH.Ru/c1-3-2;2*2-1-3;;/h3H2,1-2H3;2*(H,2,3);1H;/q;2*-1;;+3/p-1. The van der Waals surface area contributed by atoms with Gasteiger partial charge in [-0.1, -0.05) is 33.2 Å². The Morgan fingerprint density at radius 2 is 1.18 bits per heavy atom. The Bertz CT molecular complexity index is 47.7. The van der Waals surface area contributed by atoms with Gasteiger partial charge in [-0.25, -0.2) is 0 Å². The van der Waals surface area contributed by atoms with Crippen molar-refractivity contribution in [1.82, 2.24) is 0 Å². The summed E-state index contributed by atoms with van der Waals surface area (Å²) >= 11 is 1.82. The number of rotatable bonds is 0. The summed E-state index contributed by atoms with van der Waals surface area (Å²) < 4.78 is 0. The van der Waals surface area contributed by atoms with Crippen LogP contribution < -0.4 is 0 Å². The van der Waals surface area contributed by atoms with E-state index < -0.39 is 0 Å². The molecule has 6 heteroatoms. The van der Waals surface area contributed by atoms with Crippen molar-refractivity contribution >= 4 is 22.6 Å². The molecule has 0 unspecified atom stereocenters. The normalized spacial score (nSPS) is 4.27. The molecule has 0 aromatic carbocycles. The van der Waals surface area contributed by atoms with Crippen LogP contribution in [0, 0.1) is 0 Å². The summed E-state index contributed by atoms with van der Waals surface area (Å²) in [5.74, 6) is 0. The molecule has 0 aliphatic rings. The van der Waals surface area contributed by atoms with Crippen molar-refractivity contribution in [2.24, 2.45) is 0 Å². The van der Waals surface area contributed by atoms with Crippen LogP contribution in [0.25, 0.3) is 0 Å². The van der Waals surface area contributed by atoms with Crippen molar-refractivity contribution < 1.29 is 37.1 Å². The number of halogens is 1. The first kappa shape index (κ1) is 22.4. The summed E-state index contributed by atoms with van der Waals surface area (Å²) in [6.45, 7) is 5.25. The van der Waals surface area contributed by atoms with Crippen LogP contribution in [0.5, 0.6) is 0 Å². The average Bonchev–Trinajstić information content (AvgIpc) is 1.96. The molecule has 0 atom stereocenters. The molecule has 0 spiro atoms. The van der Waals surface area contributed by atoms with E-state index in [0.29, 0.717) is 12.9 Å². The van der Waals surface area contributed by atoms with Crippen LogP contribution in [0.4, 0.5) is 0 Å². The van der Waals surface area contributed by atoms with Crippen molar-refractivity contribution in [1.29, 1.82) is 0 Å².